The van der Waals surface area contributed by atoms with Crippen LogP contribution in [0.4, 0.5) is 5.69 Å². The summed E-state index contributed by atoms with van der Waals surface area (Å²) in [5.74, 6) is 0.338. The quantitative estimate of drug-likeness (QED) is 0.880. The summed E-state index contributed by atoms with van der Waals surface area (Å²) in [5.41, 5.74) is 2.71. The number of nitrogens with zero attached hydrogens (tertiary/aromatic N) is 1. The number of hydrogen-bond acceptors (Lipinski definition) is 3. The number of nitrogens with one attached hydrogen (secondary N) is 1. The lowest BCUT2D eigenvalue weighted by Gasteiger charge is -2.29. The molecule has 0 bridgehead atoms. The third-order valence-corrected chi connectivity index (χ3v) is 6.69. The van der Waals surface area contributed by atoms with E-state index in [1.54, 1.807) is 18.2 Å². The molecule has 0 atom stereocenters. The molecule has 1 amide bonds. The van der Waals surface area contributed by atoms with Crippen molar-refractivity contribution in [3.63, 3.8) is 0 Å². The molecule has 5 nitrogen and oxygen atoms in total. The molecule has 2 aliphatic rings. The summed E-state index contributed by atoms with van der Waals surface area (Å²) in [6, 6.07) is 14.5. The summed E-state index contributed by atoms with van der Waals surface area (Å²) in [4.78, 5) is 14.6. The summed E-state index contributed by atoms with van der Waals surface area (Å²) >= 11 is 0. The molecule has 6 heteroatoms. The van der Waals surface area contributed by atoms with Gasteiger partial charge in [0, 0.05) is 24.7 Å². The van der Waals surface area contributed by atoms with Crippen molar-refractivity contribution in [2.45, 2.75) is 37.1 Å². The first kappa shape index (κ1) is 17.2. The van der Waals surface area contributed by atoms with Crippen LogP contribution in [0.5, 0.6) is 0 Å². The fourth-order valence-electron chi connectivity index (χ4n) is 3.51. The van der Waals surface area contributed by atoms with E-state index in [2.05, 4.69) is 4.72 Å². The topological polar surface area (TPSA) is 66.5 Å². The van der Waals surface area contributed by atoms with Crippen LogP contribution in [0.15, 0.2) is 53.4 Å². The Morgan fingerprint density at radius 2 is 1.88 bits per heavy atom. The molecule has 1 heterocycles. The van der Waals surface area contributed by atoms with Crippen molar-refractivity contribution in [1.29, 1.82) is 0 Å². The number of carbonyl (C=O) groups is 1. The molecular weight excluding hydrogens is 348 g/mol. The van der Waals surface area contributed by atoms with Crippen LogP contribution in [0.3, 0.4) is 0 Å². The second kappa shape index (κ2) is 6.85. The first-order valence-electron chi connectivity index (χ1n) is 9.02. The number of hydrogen-bond donors (Lipinski definition) is 1. The maximum absolute atomic E-state index is 12.6. The summed E-state index contributed by atoms with van der Waals surface area (Å²) < 4.78 is 27.8. The third-order valence-electron chi connectivity index (χ3n) is 5.29. The van der Waals surface area contributed by atoms with Crippen LogP contribution in [-0.2, 0) is 27.8 Å². The van der Waals surface area contributed by atoms with E-state index in [0.29, 0.717) is 13.0 Å². The van der Waals surface area contributed by atoms with Gasteiger partial charge in [0.15, 0.2) is 0 Å². The van der Waals surface area contributed by atoms with Crippen molar-refractivity contribution in [2.24, 2.45) is 5.92 Å². The molecular formula is C20H22N2O3S. The van der Waals surface area contributed by atoms with Gasteiger partial charge in [-0.3, -0.25) is 4.79 Å². The Morgan fingerprint density at radius 1 is 1.12 bits per heavy atom. The molecule has 1 aliphatic carbocycles. The van der Waals surface area contributed by atoms with Crippen molar-refractivity contribution in [3.05, 3.63) is 59.7 Å². The minimum absolute atomic E-state index is 0.150. The van der Waals surface area contributed by atoms with Crippen LogP contribution >= 0.6 is 0 Å². The molecule has 1 aliphatic heterocycles. The molecule has 2 aromatic rings. The number of carbonyl (C=O) groups excluding carboxylic acids is 1. The predicted octanol–water partition coefficient (Wildman–Crippen LogP) is 2.85. The Bertz CT molecular complexity index is 921. The fraction of sp³-hybridized carbons (Fsp3) is 0.350. The Balaban J connectivity index is 1.51. The van der Waals surface area contributed by atoms with Gasteiger partial charge >= 0.3 is 0 Å². The van der Waals surface area contributed by atoms with Gasteiger partial charge in [0.1, 0.15) is 0 Å². The maximum Gasteiger partial charge on any atom is 0.240 e. The average Bonchev–Trinajstić information content (AvgIpc) is 3.03. The summed E-state index contributed by atoms with van der Waals surface area (Å²) in [5, 5.41) is 0. The summed E-state index contributed by atoms with van der Waals surface area (Å²) in [7, 11) is -3.58. The highest BCUT2D eigenvalue weighted by molar-refractivity contribution is 7.89. The van der Waals surface area contributed by atoms with E-state index >= 15 is 0 Å². The number of fused-ring (bicyclic) bond motifs is 1. The largest absolute Gasteiger partial charge is 0.312 e. The van der Waals surface area contributed by atoms with Gasteiger partial charge in [-0.2, -0.15) is 0 Å². The molecule has 136 valence electrons. The summed E-state index contributed by atoms with van der Waals surface area (Å²) in [6.45, 7) is 0.901. The van der Waals surface area contributed by atoms with E-state index in [9.17, 15) is 13.2 Å². The zero-order valence-electron chi connectivity index (χ0n) is 14.5. The van der Waals surface area contributed by atoms with Gasteiger partial charge in [0.05, 0.1) is 4.90 Å². The molecule has 0 aromatic heterocycles. The average molecular weight is 370 g/mol. The number of amides is 1. The lowest BCUT2D eigenvalue weighted by molar-refractivity contribution is -0.124. The molecule has 0 unspecified atom stereocenters. The van der Waals surface area contributed by atoms with Gasteiger partial charge in [-0.1, -0.05) is 36.8 Å². The van der Waals surface area contributed by atoms with Crippen LogP contribution in [0.2, 0.25) is 0 Å². The zero-order chi connectivity index (χ0) is 18.1. The molecule has 0 radical (unpaired) electrons. The second-order valence-electron chi connectivity index (χ2n) is 6.97. The van der Waals surface area contributed by atoms with E-state index in [4.69, 9.17) is 0 Å². The fourth-order valence-corrected chi connectivity index (χ4v) is 4.58. The highest BCUT2D eigenvalue weighted by Gasteiger charge is 2.33. The third kappa shape index (κ3) is 3.27. The SMILES string of the molecule is O=C(C1CCC1)N1CCc2cc(S(=O)(=O)NCc3ccccc3)ccc21. The highest BCUT2D eigenvalue weighted by atomic mass is 32.2. The van der Waals surface area contributed by atoms with Crippen LogP contribution in [0.1, 0.15) is 30.4 Å². The van der Waals surface area contributed by atoms with Crippen LogP contribution in [-0.4, -0.2) is 20.9 Å². The Labute approximate surface area is 154 Å². The molecule has 26 heavy (non-hydrogen) atoms. The van der Waals surface area contributed by atoms with Crippen molar-refractivity contribution >= 4 is 21.6 Å². The first-order valence-corrected chi connectivity index (χ1v) is 10.5. The van der Waals surface area contributed by atoms with Gasteiger partial charge in [0.25, 0.3) is 0 Å². The monoisotopic (exact) mass is 370 g/mol. The van der Waals surface area contributed by atoms with Gasteiger partial charge in [-0.05, 0) is 48.6 Å². The number of rotatable bonds is 5. The number of sulfonamides is 1. The molecule has 0 saturated heterocycles. The number of benzene rings is 2. The second-order valence-corrected chi connectivity index (χ2v) is 8.74. The standard InChI is InChI=1S/C20H22N2O3S/c23-20(16-7-4-8-16)22-12-11-17-13-18(9-10-19(17)22)26(24,25)21-14-15-5-2-1-3-6-15/h1-3,5-6,9-10,13,16,21H,4,7-8,11-12,14H2. The molecule has 1 N–H and O–H groups in total. The summed E-state index contributed by atoms with van der Waals surface area (Å²) in [6.07, 6.45) is 3.78. The number of anilines is 1. The normalized spacial score (nSPS) is 17.0. The molecule has 4 rings (SSSR count). The van der Waals surface area contributed by atoms with E-state index in [1.807, 2.05) is 35.2 Å². The molecule has 2 aromatic carbocycles. The van der Waals surface area contributed by atoms with E-state index in [0.717, 1.165) is 36.1 Å². The van der Waals surface area contributed by atoms with E-state index in [1.165, 1.54) is 0 Å². The Hall–Kier alpha value is -2.18. The van der Waals surface area contributed by atoms with Crippen molar-refractivity contribution in [2.75, 3.05) is 11.4 Å². The van der Waals surface area contributed by atoms with Crippen LogP contribution in [0, 0.1) is 5.92 Å². The lowest BCUT2D eigenvalue weighted by atomic mass is 9.84. The van der Waals surface area contributed by atoms with Gasteiger partial charge < -0.3 is 4.90 Å². The first-order chi connectivity index (χ1) is 12.5. The van der Waals surface area contributed by atoms with Gasteiger partial charge in [-0.25, -0.2) is 13.1 Å². The predicted molar refractivity (Wildman–Crippen MR) is 100 cm³/mol. The zero-order valence-corrected chi connectivity index (χ0v) is 15.3. The van der Waals surface area contributed by atoms with E-state index < -0.39 is 10.0 Å². The van der Waals surface area contributed by atoms with Crippen molar-refractivity contribution < 1.29 is 13.2 Å². The lowest BCUT2D eigenvalue weighted by Crippen LogP contribution is -2.37. The Kier molecular flexibility index (Phi) is 4.54. The van der Waals surface area contributed by atoms with Crippen molar-refractivity contribution in [3.8, 4) is 0 Å². The molecule has 1 fully saturated rings. The minimum Gasteiger partial charge on any atom is -0.312 e. The Morgan fingerprint density at radius 3 is 2.58 bits per heavy atom. The smallest absolute Gasteiger partial charge is 0.240 e. The van der Waals surface area contributed by atoms with E-state index in [-0.39, 0.29) is 23.3 Å². The van der Waals surface area contributed by atoms with Crippen molar-refractivity contribution in [1.82, 2.24) is 4.72 Å². The van der Waals surface area contributed by atoms with Gasteiger partial charge in [0.2, 0.25) is 15.9 Å². The van der Waals surface area contributed by atoms with Crippen LogP contribution in [0.25, 0.3) is 0 Å². The highest BCUT2D eigenvalue weighted by Crippen LogP contribution is 2.35. The molecule has 0 spiro atoms. The molecule has 1 saturated carbocycles. The minimum atomic E-state index is -3.58. The van der Waals surface area contributed by atoms with Crippen LogP contribution < -0.4 is 9.62 Å². The van der Waals surface area contributed by atoms with Gasteiger partial charge in [-0.15, -0.1) is 0 Å². The maximum atomic E-state index is 12.6.